The van der Waals surface area contributed by atoms with E-state index in [4.69, 9.17) is 21.5 Å². The normalized spacial score (nSPS) is 16.1. The number of nitrogens with zero attached hydrogens (tertiary/aromatic N) is 1. The number of benzene rings is 3. The SMILES string of the molecule is CCOC(=O)[C@H](CCc1ccccc1)N[C@@H](C)C(=O)N1Cc2cc(NS(=O)(=O)c3ccc(Cl)c(S(N)(=O)=O)c3)ccc2CC1C(=O)O. The second-order valence-electron chi connectivity index (χ2n) is 11.0. The van der Waals surface area contributed by atoms with Gasteiger partial charge in [0.05, 0.1) is 22.6 Å². The molecule has 5 N–H and O–H groups in total. The molecule has 0 saturated heterocycles. The van der Waals surface area contributed by atoms with Crippen LogP contribution in [0.5, 0.6) is 0 Å². The van der Waals surface area contributed by atoms with Crippen molar-refractivity contribution in [2.45, 2.75) is 67.6 Å². The largest absolute Gasteiger partial charge is 0.480 e. The van der Waals surface area contributed by atoms with Gasteiger partial charge in [0, 0.05) is 18.7 Å². The van der Waals surface area contributed by atoms with E-state index in [0.29, 0.717) is 24.0 Å². The van der Waals surface area contributed by atoms with Crippen molar-refractivity contribution in [3.05, 3.63) is 88.4 Å². The molecule has 1 amide bonds. The number of hydrogen-bond acceptors (Lipinski definition) is 9. The summed E-state index contributed by atoms with van der Waals surface area (Å²) in [7, 11) is -8.62. The lowest BCUT2D eigenvalue weighted by atomic mass is 9.93. The number of rotatable bonds is 13. The first-order chi connectivity index (χ1) is 22.1. The summed E-state index contributed by atoms with van der Waals surface area (Å²) < 4.78 is 57.6. The third kappa shape index (κ3) is 8.87. The van der Waals surface area contributed by atoms with E-state index in [0.717, 1.165) is 23.8 Å². The van der Waals surface area contributed by atoms with Crippen molar-refractivity contribution in [2.75, 3.05) is 11.3 Å². The van der Waals surface area contributed by atoms with Crippen molar-refractivity contribution in [2.24, 2.45) is 5.14 Å². The number of nitrogens with two attached hydrogens (primary N) is 1. The van der Waals surface area contributed by atoms with Crippen LogP contribution in [0.3, 0.4) is 0 Å². The number of anilines is 1. The number of halogens is 1. The zero-order chi connectivity index (χ0) is 34.5. The molecule has 16 heteroatoms. The number of carbonyl (C=O) groups excluding carboxylic acids is 2. The summed E-state index contributed by atoms with van der Waals surface area (Å²) in [6, 6.07) is 14.0. The van der Waals surface area contributed by atoms with E-state index in [-0.39, 0.29) is 30.3 Å². The average molecular weight is 707 g/mol. The number of sulfonamides is 2. The van der Waals surface area contributed by atoms with Crippen molar-refractivity contribution in [1.29, 1.82) is 0 Å². The third-order valence-corrected chi connectivity index (χ3v) is 10.4. The summed E-state index contributed by atoms with van der Waals surface area (Å²) in [4.78, 5) is 39.0. The average Bonchev–Trinajstić information content (AvgIpc) is 3.01. The summed E-state index contributed by atoms with van der Waals surface area (Å²) in [5.41, 5.74) is 2.18. The van der Waals surface area contributed by atoms with Crippen LogP contribution in [0.1, 0.15) is 37.0 Å². The molecule has 1 unspecified atom stereocenters. The van der Waals surface area contributed by atoms with E-state index in [1.54, 1.807) is 13.0 Å². The quantitative estimate of drug-likeness (QED) is 0.191. The molecular formula is C31H35ClN4O9S2. The molecule has 3 atom stereocenters. The van der Waals surface area contributed by atoms with Crippen molar-refractivity contribution >= 4 is 55.2 Å². The lowest BCUT2D eigenvalue weighted by molar-refractivity contribution is -0.153. The Morgan fingerprint density at radius 3 is 2.38 bits per heavy atom. The van der Waals surface area contributed by atoms with Crippen LogP contribution in [-0.2, 0) is 58.6 Å². The number of aryl methyl sites for hydroxylation is 1. The molecule has 4 rings (SSSR count). The lowest BCUT2D eigenvalue weighted by Crippen LogP contribution is -2.56. The second kappa shape index (κ2) is 14.8. The first kappa shape index (κ1) is 35.8. The minimum Gasteiger partial charge on any atom is -0.480 e. The van der Waals surface area contributed by atoms with Gasteiger partial charge in [0.2, 0.25) is 15.9 Å². The molecule has 3 aromatic carbocycles. The van der Waals surface area contributed by atoms with Crippen molar-refractivity contribution in [1.82, 2.24) is 10.2 Å². The van der Waals surface area contributed by atoms with E-state index in [1.165, 1.54) is 24.0 Å². The molecule has 1 aliphatic rings. The van der Waals surface area contributed by atoms with Gasteiger partial charge < -0.3 is 14.7 Å². The van der Waals surface area contributed by atoms with Gasteiger partial charge in [0.15, 0.2) is 0 Å². The monoisotopic (exact) mass is 706 g/mol. The highest BCUT2D eigenvalue weighted by Crippen LogP contribution is 2.29. The predicted molar refractivity (Wildman–Crippen MR) is 174 cm³/mol. The highest BCUT2D eigenvalue weighted by Gasteiger charge is 2.37. The third-order valence-electron chi connectivity index (χ3n) is 7.63. The molecule has 0 fully saturated rings. The summed E-state index contributed by atoms with van der Waals surface area (Å²) >= 11 is 5.89. The molecule has 3 aromatic rings. The van der Waals surface area contributed by atoms with Gasteiger partial charge in [-0.15, -0.1) is 0 Å². The fraction of sp³-hybridized carbons (Fsp3) is 0.323. The number of aliphatic carboxylic acids is 1. The van der Waals surface area contributed by atoms with Gasteiger partial charge >= 0.3 is 11.9 Å². The Morgan fingerprint density at radius 1 is 1.04 bits per heavy atom. The van der Waals surface area contributed by atoms with E-state index in [9.17, 15) is 36.3 Å². The van der Waals surface area contributed by atoms with E-state index in [1.807, 2.05) is 30.3 Å². The fourth-order valence-electron chi connectivity index (χ4n) is 5.27. The zero-order valence-corrected chi connectivity index (χ0v) is 27.9. The maximum Gasteiger partial charge on any atom is 0.326 e. The van der Waals surface area contributed by atoms with Crippen LogP contribution < -0.4 is 15.2 Å². The van der Waals surface area contributed by atoms with Crippen molar-refractivity contribution in [3.63, 3.8) is 0 Å². The molecule has 0 saturated carbocycles. The Morgan fingerprint density at radius 2 is 1.74 bits per heavy atom. The zero-order valence-electron chi connectivity index (χ0n) is 25.6. The molecule has 0 spiro atoms. The Hall–Kier alpha value is -4.02. The van der Waals surface area contributed by atoms with Crippen LogP contribution in [0.2, 0.25) is 5.02 Å². The lowest BCUT2D eigenvalue weighted by Gasteiger charge is -2.37. The number of hydrogen-bond donors (Lipinski definition) is 4. The number of primary sulfonamides is 1. The standard InChI is InChI=1S/C31H35ClN4O9S2/c1-3-45-31(40)26(14-9-20-7-5-4-6-8-20)34-19(2)29(37)36-18-22-15-23(11-10-21(22)16-27(36)30(38)39)35-47(43,44)24-12-13-25(32)28(17-24)46(33,41)42/h4-8,10-13,15,17,19,26-27,34-35H,3,9,14,16,18H2,1-2H3,(H,38,39)(H2,33,41,42)/t19-,26-,27?/m0/s1. The molecule has 0 aliphatic carbocycles. The Kier molecular flexibility index (Phi) is 11.3. The molecule has 1 aliphatic heterocycles. The molecule has 0 radical (unpaired) electrons. The highest BCUT2D eigenvalue weighted by atomic mass is 35.5. The summed E-state index contributed by atoms with van der Waals surface area (Å²) in [5, 5.41) is 17.9. The Balaban J connectivity index is 1.54. The molecular weight excluding hydrogens is 672 g/mol. The number of carboxylic acids is 1. The molecule has 0 bridgehead atoms. The van der Waals surface area contributed by atoms with E-state index >= 15 is 0 Å². The Bertz CT molecular complexity index is 1870. The number of ether oxygens (including phenoxy) is 1. The van der Waals surface area contributed by atoms with Crippen LogP contribution in [0.15, 0.2) is 76.5 Å². The minimum atomic E-state index is -4.32. The molecule has 0 aromatic heterocycles. The smallest absolute Gasteiger partial charge is 0.326 e. The summed E-state index contributed by atoms with van der Waals surface area (Å²) in [5.74, 6) is -2.32. The van der Waals surface area contributed by atoms with Crippen LogP contribution in [-0.4, -0.2) is 69.4 Å². The second-order valence-corrected chi connectivity index (χ2v) is 14.6. The number of carboxylic acid groups (broad SMARTS) is 1. The number of nitrogens with one attached hydrogen (secondary N) is 2. The van der Waals surface area contributed by atoms with E-state index < -0.39 is 65.8 Å². The highest BCUT2D eigenvalue weighted by molar-refractivity contribution is 7.93. The van der Waals surface area contributed by atoms with Gasteiger partial charge in [-0.1, -0.05) is 48.0 Å². The summed E-state index contributed by atoms with van der Waals surface area (Å²) in [6.07, 6.45) is 0.826. The van der Waals surface area contributed by atoms with Crippen LogP contribution in [0.25, 0.3) is 0 Å². The number of amides is 1. The minimum absolute atomic E-state index is 0.0413. The van der Waals surface area contributed by atoms with Gasteiger partial charge in [-0.25, -0.2) is 26.8 Å². The van der Waals surface area contributed by atoms with Crippen molar-refractivity contribution in [3.8, 4) is 0 Å². The predicted octanol–water partition coefficient (Wildman–Crippen LogP) is 2.67. The molecule has 13 nitrogen and oxygen atoms in total. The van der Waals surface area contributed by atoms with Crippen LogP contribution in [0.4, 0.5) is 5.69 Å². The Labute approximate surface area is 278 Å². The van der Waals surface area contributed by atoms with Gasteiger partial charge in [-0.05, 0) is 73.7 Å². The van der Waals surface area contributed by atoms with Gasteiger partial charge in [-0.2, -0.15) is 0 Å². The van der Waals surface area contributed by atoms with Crippen molar-refractivity contribution < 1.29 is 41.1 Å². The van der Waals surface area contributed by atoms with Crippen LogP contribution >= 0.6 is 11.6 Å². The van der Waals surface area contributed by atoms with Crippen LogP contribution in [0, 0.1) is 0 Å². The summed E-state index contributed by atoms with van der Waals surface area (Å²) in [6.45, 7) is 3.20. The molecule has 252 valence electrons. The topological polar surface area (TPSA) is 202 Å². The van der Waals surface area contributed by atoms with Gasteiger partial charge in [0.1, 0.15) is 17.0 Å². The van der Waals surface area contributed by atoms with E-state index in [2.05, 4.69) is 10.0 Å². The maximum absolute atomic E-state index is 13.7. The number of carbonyl (C=O) groups is 3. The number of esters is 1. The molecule has 1 heterocycles. The fourth-order valence-corrected chi connectivity index (χ4v) is 7.49. The van der Waals surface area contributed by atoms with Gasteiger partial charge in [-0.3, -0.25) is 19.6 Å². The van der Waals surface area contributed by atoms with Gasteiger partial charge in [0.25, 0.3) is 10.0 Å². The maximum atomic E-state index is 13.7. The first-order valence-electron chi connectivity index (χ1n) is 14.6. The number of fused-ring (bicyclic) bond motifs is 1. The molecule has 47 heavy (non-hydrogen) atoms. The first-order valence-corrected chi connectivity index (χ1v) is 18.0.